The molecule has 0 saturated carbocycles. The van der Waals surface area contributed by atoms with E-state index in [1.807, 2.05) is 0 Å². The number of hydrogen-bond acceptors (Lipinski definition) is 6. The molecule has 0 radical (unpaired) electrons. The molecular weight excluding hydrogens is 595 g/mol. The first-order valence-electron chi connectivity index (χ1n) is 5.00. The summed E-state index contributed by atoms with van der Waals surface area (Å²) in [5.74, 6) is -3.43. The van der Waals surface area contributed by atoms with Gasteiger partial charge in [-0.25, -0.2) is 0 Å². The summed E-state index contributed by atoms with van der Waals surface area (Å²) in [6.07, 6.45) is 0. The number of carbonyl (C=O) groups is 3. The first-order valence-corrected chi connectivity index (χ1v) is 7.74. The van der Waals surface area contributed by atoms with Gasteiger partial charge in [0.05, 0.1) is 17.9 Å². The van der Waals surface area contributed by atoms with Crippen LogP contribution in [0, 0.1) is 0 Å². The predicted molar refractivity (Wildman–Crippen MR) is 88.8 cm³/mol. The number of hydrogen-bond donors (Lipinski definition) is 0. The van der Waals surface area contributed by atoms with E-state index in [-0.39, 0.29) is 42.6 Å². The van der Waals surface area contributed by atoms with Crippen LogP contribution in [0.25, 0.3) is 0 Å². The molecule has 0 bridgehead atoms. The van der Waals surface area contributed by atoms with E-state index in [4.69, 9.17) is 0 Å². The van der Waals surface area contributed by atoms with Gasteiger partial charge < -0.3 is 29.7 Å². The normalized spacial score (nSPS) is 10.9. The smallest absolute Gasteiger partial charge is 0.545 e. The van der Waals surface area contributed by atoms with Gasteiger partial charge in [0.25, 0.3) is 0 Å². The Morgan fingerprint density at radius 1 is 0.636 bits per heavy atom. The van der Waals surface area contributed by atoms with Gasteiger partial charge in [-0.3, -0.25) is 0 Å². The van der Waals surface area contributed by atoms with Crippen molar-refractivity contribution in [2.45, 2.75) is 20.8 Å². The van der Waals surface area contributed by atoms with Crippen molar-refractivity contribution in [2.24, 2.45) is 0 Å². The maximum atomic E-state index is 9.72. The summed E-state index contributed by atoms with van der Waals surface area (Å²) in [7, 11) is 0. The fraction of sp³-hybridized carbons (Fsp3) is 0.250. The Hall–Kier alpha value is -0.0599. The second-order valence-electron chi connectivity index (χ2n) is 3.24. The molecule has 6 nitrogen and oxygen atoms in total. The van der Waals surface area contributed by atoms with E-state index in [1.165, 1.54) is 35.7 Å². The molecule has 0 aliphatic carbocycles. The van der Waals surface area contributed by atoms with Crippen molar-refractivity contribution in [1.29, 1.82) is 0 Å². The number of carbonyl (C=O) groups excluding carboxylic acids is 3. The van der Waals surface area contributed by atoms with E-state index >= 15 is 0 Å². The van der Waals surface area contributed by atoms with Crippen molar-refractivity contribution in [2.75, 3.05) is 0 Å². The minimum atomic E-state index is -1.14. The van der Waals surface area contributed by atoms with Crippen molar-refractivity contribution in [1.82, 2.24) is 0 Å². The Balaban J connectivity index is -0.000000108. The molecule has 0 atom stereocenters. The van der Waals surface area contributed by atoms with Crippen LogP contribution in [0.5, 0.6) is 0 Å². The van der Waals surface area contributed by atoms with Crippen molar-refractivity contribution < 1.29 is 29.7 Å². The standard InChI is InChI=1S/3C4H5BrO2.In/c3*1-3(2-5)4(6)7;/h3*2H,1H3,(H,6,7);/q;;;+3/p-3. The van der Waals surface area contributed by atoms with Gasteiger partial charge in [0.2, 0.25) is 0 Å². The zero-order valence-corrected chi connectivity index (χ0v) is 19.9. The van der Waals surface area contributed by atoms with Crippen molar-refractivity contribution in [3.05, 3.63) is 31.7 Å². The molecule has 0 aliphatic heterocycles. The Labute approximate surface area is 172 Å². The van der Waals surface area contributed by atoms with Crippen LogP contribution in [-0.4, -0.2) is 43.8 Å². The van der Waals surface area contributed by atoms with Crippen molar-refractivity contribution in [3.63, 3.8) is 0 Å². The van der Waals surface area contributed by atoms with Crippen LogP contribution < -0.4 is 15.3 Å². The SMILES string of the molecule is CC(=CBr)C(=O)[O-].CC(=CBr)C(=O)[O-].CC(=CBr)C(=O)[O-].[In+3]. The van der Waals surface area contributed by atoms with Crippen molar-refractivity contribution in [3.8, 4) is 0 Å². The molecule has 0 fully saturated rings. The molecule has 0 aromatic carbocycles. The monoisotopic (exact) mass is 604 g/mol. The number of rotatable bonds is 3. The summed E-state index contributed by atoms with van der Waals surface area (Å²) in [5.41, 5.74) is 0.583. The van der Waals surface area contributed by atoms with Crippen LogP contribution in [0.2, 0.25) is 0 Å². The number of aliphatic carboxylic acids is 3. The molecule has 0 aliphatic rings. The van der Waals surface area contributed by atoms with Gasteiger partial charge in [-0.1, -0.05) is 47.8 Å². The Kier molecular flexibility index (Phi) is 25.8. The van der Waals surface area contributed by atoms with E-state index in [9.17, 15) is 29.7 Å². The number of carboxylic acids is 3. The summed E-state index contributed by atoms with van der Waals surface area (Å²) < 4.78 is 0. The van der Waals surface area contributed by atoms with Crippen LogP contribution in [0.1, 0.15) is 20.8 Å². The van der Waals surface area contributed by atoms with E-state index < -0.39 is 17.9 Å². The maximum absolute atomic E-state index is 9.72. The number of halogens is 3. The second-order valence-corrected chi connectivity index (χ2v) is 4.61. The molecular formula is C12H12Br3InO6. The molecule has 0 saturated heterocycles. The van der Waals surface area contributed by atoms with Gasteiger partial charge in [-0.15, -0.1) is 0 Å². The fourth-order valence-electron chi connectivity index (χ4n) is 0.134. The summed E-state index contributed by atoms with van der Waals surface area (Å²) >= 11 is 8.50. The molecule has 0 aromatic rings. The molecule has 0 heterocycles. The third-order valence-corrected chi connectivity index (χ3v) is 3.52. The minimum absolute atomic E-state index is 0. The molecule has 120 valence electrons. The van der Waals surface area contributed by atoms with Crippen LogP contribution in [0.4, 0.5) is 0 Å². The predicted octanol–water partition coefficient (Wildman–Crippen LogP) is -0.276. The summed E-state index contributed by atoms with van der Waals surface area (Å²) in [5, 5.41) is 29.2. The maximum Gasteiger partial charge on any atom is 3.00 e. The Morgan fingerprint density at radius 2 is 0.773 bits per heavy atom. The molecule has 0 rings (SSSR count). The fourth-order valence-corrected chi connectivity index (χ4v) is 0.694. The zero-order chi connectivity index (χ0) is 17.6. The first-order chi connectivity index (χ1) is 9.54. The minimum Gasteiger partial charge on any atom is -0.545 e. The summed E-state index contributed by atoms with van der Waals surface area (Å²) in [4.78, 5) is 33.1. The first kappa shape index (κ1) is 29.9. The largest absolute Gasteiger partial charge is 3.00 e. The molecule has 0 N–H and O–H groups in total. The topological polar surface area (TPSA) is 120 Å². The molecule has 22 heavy (non-hydrogen) atoms. The van der Waals surface area contributed by atoms with Gasteiger partial charge in [0.1, 0.15) is 0 Å². The Bertz CT molecular complexity index is 391. The third-order valence-electron chi connectivity index (χ3n) is 1.46. The quantitative estimate of drug-likeness (QED) is 0.408. The average Bonchev–Trinajstić information content (AvgIpc) is 2.45. The molecule has 10 heteroatoms. The molecule has 0 aromatic heterocycles. The molecule has 0 amide bonds. The number of carboxylic acid groups (broad SMARTS) is 3. The van der Waals surface area contributed by atoms with Gasteiger partial charge in [-0.05, 0) is 52.4 Å². The van der Waals surface area contributed by atoms with E-state index in [0.29, 0.717) is 0 Å². The zero-order valence-electron chi connectivity index (χ0n) is 11.9. The van der Waals surface area contributed by atoms with Crippen LogP contribution in [0.15, 0.2) is 31.7 Å². The van der Waals surface area contributed by atoms with Gasteiger partial charge >= 0.3 is 25.8 Å². The van der Waals surface area contributed by atoms with E-state index in [1.54, 1.807) is 0 Å². The Morgan fingerprint density at radius 3 is 0.773 bits per heavy atom. The van der Waals surface area contributed by atoms with Crippen LogP contribution >= 0.6 is 47.8 Å². The summed E-state index contributed by atoms with van der Waals surface area (Å²) in [6.45, 7) is 4.35. The van der Waals surface area contributed by atoms with Gasteiger partial charge in [-0.2, -0.15) is 0 Å². The average molecular weight is 607 g/mol. The van der Waals surface area contributed by atoms with Gasteiger partial charge in [0.15, 0.2) is 0 Å². The van der Waals surface area contributed by atoms with Crippen LogP contribution in [-0.2, 0) is 14.4 Å². The van der Waals surface area contributed by atoms with E-state index in [2.05, 4.69) is 47.8 Å². The second kappa shape index (κ2) is 19.0. The van der Waals surface area contributed by atoms with Crippen LogP contribution in [0.3, 0.4) is 0 Å². The molecule has 0 unspecified atom stereocenters. The van der Waals surface area contributed by atoms with E-state index in [0.717, 1.165) is 0 Å². The molecule has 0 spiro atoms. The summed E-state index contributed by atoms with van der Waals surface area (Å²) in [6, 6.07) is 0. The van der Waals surface area contributed by atoms with Gasteiger partial charge in [0, 0.05) is 0 Å². The van der Waals surface area contributed by atoms with Crippen molar-refractivity contribution >= 4 is 91.5 Å². The third kappa shape index (κ3) is 22.2.